The third kappa shape index (κ3) is 5.35. The van der Waals surface area contributed by atoms with Crippen molar-refractivity contribution in [3.63, 3.8) is 0 Å². The average Bonchev–Trinajstić information content (AvgIpc) is 2.52. The van der Waals surface area contributed by atoms with Crippen LogP contribution in [0.25, 0.3) is 0 Å². The first-order valence-electron chi connectivity index (χ1n) is 7.39. The van der Waals surface area contributed by atoms with Crippen LogP contribution in [-0.2, 0) is 0 Å². The highest BCUT2D eigenvalue weighted by atomic mass is 14.9. The highest BCUT2D eigenvalue weighted by Crippen LogP contribution is 2.08. The predicted octanol–water partition coefficient (Wildman–Crippen LogP) is 4.25. The van der Waals surface area contributed by atoms with Gasteiger partial charge in [0.1, 0.15) is 0 Å². The summed E-state index contributed by atoms with van der Waals surface area (Å²) in [5.74, 6) is 0.470. The zero-order chi connectivity index (χ0) is 14.9. The summed E-state index contributed by atoms with van der Waals surface area (Å²) in [5.41, 5.74) is 2.27. The highest BCUT2D eigenvalue weighted by Gasteiger charge is 2.09. The molecule has 0 aliphatic heterocycles. The molecular formula is C19H22N2. The van der Waals surface area contributed by atoms with Crippen LogP contribution < -0.4 is 0 Å². The molecule has 0 aliphatic rings. The van der Waals surface area contributed by atoms with Crippen LogP contribution in [0.3, 0.4) is 0 Å². The first-order chi connectivity index (χ1) is 10.3. The molecule has 0 amide bonds. The fourth-order valence-electron chi connectivity index (χ4n) is 1.96. The number of aliphatic imine (C=N–C) groups is 2. The van der Waals surface area contributed by atoms with Crippen molar-refractivity contribution >= 4 is 12.4 Å². The van der Waals surface area contributed by atoms with Crippen LogP contribution in [0.15, 0.2) is 70.6 Å². The van der Waals surface area contributed by atoms with Gasteiger partial charge < -0.3 is 0 Å². The molecule has 0 aromatic heterocycles. The lowest BCUT2D eigenvalue weighted by atomic mass is 10.1. The summed E-state index contributed by atoms with van der Waals surface area (Å²) in [6.45, 7) is 5.09. The number of benzene rings is 2. The van der Waals surface area contributed by atoms with Crippen molar-refractivity contribution in [3.8, 4) is 0 Å². The second-order valence-electron chi connectivity index (χ2n) is 5.41. The van der Waals surface area contributed by atoms with E-state index >= 15 is 0 Å². The fraction of sp³-hybridized carbons (Fsp3) is 0.263. The Morgan fingerprint density at radius 2 is 1.33 bits per heavy atom. The molecule has 21 heavy (non-hydrogen) atoms. The van der Waals surface area contributed by atoms with E-state index < -0.39 is 0 Å². The van der Waals surface area contributed by atoms with Crippen molar-refractivity contribution in [3.05, 3.63) is 71.8 Å². The molecule has 2 heteroatoms. The summed E-state index contributed by atoms with van der Waals surface area (Å²) in [6.07, 6.45) is 3.87. The van der Waals surface area contributed by atoms with Gasteiger partial charge in [0, 0.05) is 12.4 Å². The molecule has 0 N–H and O–H groups in total. The second kappa shape index (κ2) is 8.15. The SMILES string of the molecule is CC(C)C(CN=Cc1ccccc1)N=Cc1ccccc1. The van der Waals surface area contributed by atoms with Gasteiger partial charge in [-0.05, 0) is 17.0 Å². The van der Waals surface area contributed by atoms with Gasteiger partial charge in [-0.3, -0.25) is 9.98 Å². The zero-order valence-corrected chi connectivity index (χ0v) is 12.7. The molecule has 0 radical (unpaired) electrons. The molecule has 0 fully saturated rings. The number of hydrogen-bond donors (Lipinski definition) is 0. The maximum atomic E-state index is 4.69. The van der Waals surface area contributed by atoms with Gasteiger partial charge in [-0.2, -0.15) is 0 Å². The monoisotopic (exact) mass is 278 g/mol. The highest BCUT2D eigenvalue weighted by molar-refractivity contribution is 5.80. The van der Waals surface area contributed by atoms with E-state index in [1.807, 2.05) is 48.8 Å². The molecule has 2 rings (SSSR count). The number of hydrogen-bond acceptors (Lipinski definition) is 2. The smallest absolute Gasteiger partial charge is 0.0717 e. The Balaban J connectivity index is 1.97. The van der Waals surface area contributed by atoms with E-state index in [2.05, 4.69) is 48.1 Å². The molecule has 1 atom stereocenters. The van der Waals surface area contributed by atoms with E-state index in [0.29, 0.717) is 5.92 Å². The van der Waals surface area contributed by atoms with Gasteiger partial charge in [-0.1, -0.05) is 74.5 Å². The van der Waals surface area contributed by atoms with E-state index in [1.165, 1.54) is 0 Å². The number of rotatable bonds is 6. The van der Waals surface area contributed by atoms with E-state index in [0.717, 1.165) is 17.7 Å². The number of nitrogens with zero attached hydrogens (tertiary/aromatic N) is 2. The Bertz CT molecular complexity index is 571. The van der Waals surface area contributed by atoms with E-state index in [1.54, 1.807) is 0 Å². The van der Waals surface area contributed by atoms with E-state index in [-0.39, 0.29) is 6.04 Å². The van der Waals surface area contributed by atoms with Crippen molar-refractivity contribution in [2.75, 3.05) is 6.54 Å². The molecular weight excluding hydrogens is 256 g/mol. The van der Waals surface area contributed by atoms with Crippen LogP contribution in [0.2, 0.25) is 0 Å². The van der Waals surface area contributed by atoms with Gasteiger partial charge in [-0.25, -0.2) is 0 Å². The van der Waals surface area contributed by atoms with Gasteiger partial charge >= 0.3 is 0 Å². The molecule has 2 nitrogen and oxygen atoms in total. The summed E-state index contributed by atoms with van der Waals surface area (Å²) in [6, 6.07) is 20.6. The summed E-state index contributed by atoms with van der Waals surface area (Å²) in [4.78, 5) is 9.22. The first-order valence-corrected chi connectivity index (χ1v) is 7.39. The minimum absolute atomic E-state index is 0.213. The van der Waals surface area contributed by atoms with Gasteiger partial charge in [0.25, 0.3) is 0 Å². The molecule has 0 bridgehead atoms. The van der Waals surface area contributed by atoms with E-state index in [9.17, 15) is 0 Å². The van der Waals surface area contributed by atoms with Crippen LogP contribution in [0.4, 0.5) is 0 Å². The average molecular weight is 278 g/mol. The van der Waals surface area contributed by atoms with Gasteiger partial charge in [0.05, 0.1) is 12.6 Å². The maximum Gasteiger partial charge on any atom is 0.0717 e. The molecule has 108 valence electrons. The Morgan fingerprint density at radius 1 is 0.810 bits per heavy atom. The van der Waals surface area contributed by atoms with Crippen molar-refractivity contribution in [2.45, 2.75) is 19.9 Å². The lowest BCUT2D eigenvalue weighted by molar-refractivity contribution is 0.506. The first kappa shape index (κ1) is 15.2. The van der Waals surface area contributed by atoms with Crippen molar-refractivity contribution in [2.24, 2.45) is 15.9 Å². The van der Waals surface area contributed by atoms with Crippen LogP contribution in [0.5, 0.6) is 0 Å². The van der Waals surface area contributed by atoms with Crippen LogP contribution in [-0.4, -0.2) is 25.0 Å². The standard InChI is InChI=1S/C19H22N2/c1-16(2)19(21-14-18-11-7-4-8-12-18)15-20-13-17-9-5-3-6-10-17/h3-14,16,19H,15H2,1-2H3. The normalized spacial score (nSPS) is 13.3. The Hall–Kier alpha value is -2.22. The molecule has 0 aliphatic carbocycles. The fourth-order valence-corrected chi connectivity index (χ4v) is 1.96. The van der Waals surface area contributed by atoms with Crippen molar-refractivity contribution in [1.82, 2.24) is 0 Å². The van der Waals surface area contributed by atoms with Crippen LogP contribution >= 0.6 is 0 Å². The molecule has 0 spiro atoms. The second-order valence-corrected chi connectivity index (χ2v) is 5.41. The molecule has 0 saturated heterocycles. The summed E-state index contributed by atoms with van der Waals surface area (Å²) in [5, 5.41) is 0. The lowest BCUT2D eigenvalue weighted by Crippen LogP contribution is -2.17. The molecule has 2 aromatic rings. The Morgan fingerprint density at radius 3 is 1.86 bits per heavy atom. The van der Waals surface area contributed by atoms with Crippen molar-refractivity contribution < 1.29 is 0 Å². The maximum absolute atomic E-state index is 4.69. The molecule has 0 saturated carbocycles. The minimum Gasteiger partial charge on any atom is -0.290 e. The minimum atomic E-state index is 0.213. The molecule has 2 aromatic carbocycles. The van der Waals surface area contributed by atoms with Gasteiger partial charge in [0.2, 0.25) is 0 Å². The third-order valence-corrected chi connectivity index (χ3v) is 3.32. The third-order valence-electron chi connectivity index (χ3n) is 3.32. The topological polar surface area (TPSA) is 24.7 Å². The van der Waals surface area contributed by atoms with Gasteiger partial charge in [0.15, 0.2) is 0 Å². The van der Waals surface area contributed by atoms with Crippen LogP contribution in [0.1, 0.15) is 25.0 Å². The van der Waals surface area contributed by atoms with Gasteiger partial charge in [-0.15, -0.1) is 0 Å². The zero-order valence-electron chi connectivity index (χ0n) is 12.7. The van der Waals surface area contributed by atoms with Crippen molar-refractivity contribution in [1.29, 1.82) is 0 Å². The quantitative estimate of drug-likeness (QED) is 0.706. The largest absolute Gasteiger partial charge is 0.290 e. The molecule has 1 unspecified atom stereocenters. The Kier molecular flexibility index (Phi) is 5.89. The summed E-state index contributed by atoms with van der Waals surface area (Å²) >= 11 is 0. The van der Waals surface area contributed by atoms with Crippen LogP contribution in [0, 0.1) is 5.92 Å². The van der Waals surface area contributed by atoms with E-state index in [4.69, 9.17) is 0 Å². The molecule has 0 heterocycles. The predicted molar refractivity (Wildman–Crippen MR) is 91.6 cm³/mol. The Labute approximate surface area is 127 Å². The summed E-state index contributed by atoms with van der Waals surface area (Å²) in [7, 11) is 0. The lowest BCUT2D eigenvalue weighted by Gasteiger charge is -2.13. The summed E-state index contributed by atoms with van der Waals surface area (Å²) < 4.78 is 0.